The Morgan fingerprint density at radius 3 is 2.96 bits per heavy atom. The van der Waals surface area contributed by atoms with Crippen LogP contribution >= 0.6 is 0 Å². The fourth-order valence-corrected chi connectivity index (χ4v) is 3.50. The number of nitrogens with zero attached hydrogens (tertiary/aromatic N) is 3. The summed E-state index contributed by atoms with van der Waals surface area (Å²) in [6.45, 7) is 6.29. The van der Waals surface area contributed by atoms with Gasteiger partial charge in [0.15, 0.2) is 11.5 Å². The van der Waals surface area contributed by atoms with E-state index in [9.17, 15) is 0 Å². The van der Waals surface area contributed by atoms with Crippen LogP contribution in [-0.2, 0) is 25.9 Å². The summed E-state index contributed by atoms with van der Waals surface area (Å²) >= 11 is 0. The first kappa shape index (κ1) is 15.4. The SMILES string of the molecule is CCc1nnc2n1CC(CNCc1ccc3c(c1)OCCO3)CC2. The molecule has 0 bridgehead atoms. The Morgan fingerprint density at radius 1 is 1.21 bits per heavy atom. The Bertz CT molecular complexity index is 700. The lowest BCUT2D eigenvalue weighted by molar-refractivity contribution is 0.171. The minimum atomic E-state index is 0.632. The van der Waals surface area contributed by atoms with Gasteiger partial charge in [-0.15, -0.1) is 10.2 Å². The van der Waals surface area contributed by atoms with Gasteiger partial charge in [-0.3, -0.25) is 0 Å². The van der Waals surface area contributed by atoms with Crippen LogP contribution in [-0.4, -0.2) is 34.5 Å². The number of nitrogens with one attached hydrogen (secondary N) is 1. The van der Waals surface area contributed by atoms with E-state index < -0.39 is 0 Å². The number of rotatable bonds is 5. The van der Waals surface area contributed by atoms with Gasteiger partial charge in [0.25, 0.3) is 0 Å². The van der Waals surface area contributed by atoms with Crippen molar-refractivity contribution < 1.29 is 9.47 Å². The van der Waals surface area contributed by atoms with E-state index >= 15 is 0 Å². The summed E-state index contributed by atoms with van der Waals surface area (Å²) in [7, 11) is 0. The van der Waals surface area contributed by atoms with Crippen molar-refractivity contribution >= 4 is 0 Å². The van der Waals surface area contributed by atoms with Gasteiger partial charge < -0.3 is 19.4 Å². The van der Waals surface area contributed by atoms with E-state index in [2.05, 4.69) is 39.1 Å². The van der Waals surface area contributed by atoms with Gasteiger partial charge in [0.1, 0.15) is 24.9 Å². The highest BCUT2D eigenvalue weighted by Crippen LogP contribution is 2.30. The average molecular weight is 328 g/mol. The standard InChI is InChI=1S/C18H24N4O2/c1-2-17-20-21-18-6-4-14(12-22(17)18)11-19-10-13-3-5-15-16(9-13)24-8-7-23-15/h3,5,9,14,19H,2,4,6-8,10-12H2,1H3. The number of hydrogen-bond donors (Lipinski definition) is 1. The lowest BCUT2D eigenvalue weighted by atomic mass is 9.99. The molecule has 0 saturated carbocycles. The predicted octanol–water partition coefficient (Wildman–Crippen LogP) is 1.96. The van der Waals surface area contributed by atoms with Gasteiger partial charge in [0.2, 0.25) is 0 Å². The van der Waals surface area contributed by atoms with Gasteiger partial charge in [0, 0.05) is 25.9 Å². The molecule has 0 aliphatic carbocycles. The van der Waals surface area contributed by atoms with Gasteiger partial charge in [-0.2, -0.15) is 0 Å². The third kappa shape index (κ3) is 3.11. The molecule has 3 heterocycles. The maximum atomic E-state index is 5.65. The first-order chi connectivity index (χ1) is 11.8. The second kappa shape index (κ2) is 6.81. The van der Waals surface area contributed by atoms with Crippen LogP contribution in [0.2, 0.25) is 0 Å². The number of aryl methyl sites for hydroxylation is 2. The molecule has 1 aromatic carbocycles. The van der Waals surface area contributed by atoms with E-state index in [-0.39, 0.29) is 0 Å². The monoisotopic (exact) mass is 328 g/mol. The second-order valence-corrected chi connectivity index (χ2v) is 6.51. The zero-order valence-electron chi connectivity index (χ0n) is 14.1. The molecule has 6 heteroatoms. The maximum Gasteiger partial charge on any atom is 0.161 e. The van der Waals surface area contributed by atoms with Crippen LogP contribution in [0.15, 0.2) is 18.2 Å². The van der Waals surface area contributed by atoms with E-state index in [1.807, 2.05) is 6.07 Å². The highest BCUT2D eigenvalue weighted by atomic mass is 16.6. The molecule has 2 aliphatic rings. The van der Waals surface area contributed by atoms with Crippen LogP contribution in [0.5, 0.6) is 11.5 Å². The van der Waals surface area contributed by atoms with Crippen molar-refractivity contribution in [3.8, 4) is 11.5 Å². The van der Waals surface area contributed by atoms with Gasteiger partial charge in [-0.25, -0.2) is 0 Å². The summed E-state index contributed by atoms with van der Waals surface area (Å²) in [6, 6.07) is 6.19. The molecule has 4 rings (SSSR count). The van der Waals surface area contributed by atoms with Crippen molar-refractivity contribution in [3.05, 3.63) is 35.4 Å². The zero-order chi connectivity index (χ0) is 16.4. The summed E-state index contributed by atoms with van der Waals surface area (Å²) in [6.07, 6.45) is 3.16. The van der Waals surface area contributed by atoms with Crippen molar-refractivity contribution in [2.45, 2.75) is 39.3 Å². The summed E-state index contributed by atoms with van der Waals surface area (Å²) in [5, 5.41) is 12.2. The molecule has 1 unspecified atom stereocenters. The lowest BCUT2D eigenvalue weighted by Gasteiger charge is -2.24. The van der Waals surface area contributed by atoms with Crippen molar-refractivity contribution in [1.29, 1.82) is 0 Å². The van der Waals surface area contributed by atoms with Crippen molar-refractivity contribution in [2.24, 2.45) is 5.92 Å². The summed E-state index contributed by atoms with van der Waals surface area (Å²) in [5.41, 5.74) is 1.23. The Hall–Kier alpha value is -2.08. The summed E-state index contributed by atoms with van der Waals surface area (Å²) in [4.78, 5) is 0. The molecule has 2 aromatic rings. The van der Waals surface area contributed by atoms with E-state index in [1.165, 1.54) is 12.0 Å². The van der Waals surface area contributed by atoms with E-state index in [4.69, 9.17) is 9.47 Å². The van der Waals surface area contributed by atoms with Crippen LogP contribution in [0.3, 0.4) is 0 Å². The molecule has 2 aliphatic heterocycles. The second-order valence-electron chi connectivity index (χ2n) is 6.51. The van der Waals surface area contributed by atoms with E-state index in [1.54, 1.807) is 0 Å². The van der Waals surface area contributed by atoms with Crippen LogP contribution in [0.1, 0.15) is 30.6 Å². The molecule has 0 amide bonds. The highest BCUT2D eigenvalue weighted by Gasteiger charge is 2.22. The number of fused-ring (bicyclic) bond motifs is 2. The quantitative estimate of drug-likeness (QED) is 0.909. The number of ether oxygens (including phenoxy) is 2. The molecular formula is C18H24N4O2. The molecule has 1 N–H and O–H groups in total. The Labute approximate surface area is 142 Å². The molecule has 6 nitrogen and oxygen atoms in total. The number of hydrogen-bond acceptors (Lipinski definition) is 5. The molecule has 24 heavy (non-hydrogen) atoms. The molecule has 128 valence electrons. The predicted molar refractivity (Wildman–Crippen MR) is 90.3 cm³/mol. The van der Waals surface area contributed by atoms with Crippen LogP contribution in [0, 0.1) is 5.92 Å². The van der Waals surface area contributed by atoms with E-state index in [0.29, 0.717) is 19.1 Å². The van der Waals surface area contributed by atoms with Crippen molar-refractivity contribution in [2.75, 3.05) is 19.8 Å². The highest BCUT2D eigenvalue weighted by molar-refractivity contribution is 5.43. The van der Waals surface area contributed by atoms with E-state index in [0.717, 1.165) is 55.6 Å². The Kier molecular flexibility index (Phi) is 4.38. The molecule has 0 spiro atoms. The minimum absolute atomic E-state index is 0.632. The van der Waals surface area contributed by atoms with Gasteiger partial charge in [0.05, 0.1) is 0 Å². The lowest BCUT2D eigenvalue weighted by Crippen LogP contribution is -2.30. The van der Waals surface area contributed by atoms with Gasteiger partial charge in [-0.05, 0) is 36.6 Å². The fraction of sp³-hybridized carbons (Fsp3) is 0.556. The Morgan fingerprint density at radius 2 is 2.08 bits per heavy atom. The van der Waals surface area contributed by atoms with Crippen LogP contribution in [0.25, 0.3) is 0 Å². The first-order valence-electron chi connectivity index (χ1n) is 8.83. The minimum Gasteiger partial charge on any atom is -0.486 e. The average Bonchev–Trinajstić information content (AvgIpc) is 3.04. The van der Waals surface area contributed by atoms with Crippen molar-refractivity contribution in [3.63, 3.8) is 0 Å². The zero-order valence-corrected chi connectivity index (χ0v) is 14.1. The number of aromatic nitrogens is 3. The van der Waals surface area contributed by atoms with Crippen LogP contribution < -0.4 is 14.8 Å². The largest absolute Gasteiger partial charge is 0.486 e. The molecule has 0 fully saturated rings. The summed E-state index contributed by atoms with van der Waals surface area (Å²) in [5.74, 6) is 4.61. The smallest absolute Gasteiger partial charge is 0.161 e. The topological polar surface area (TPSA) is 61.2 Å². The number of benzene rings is 1. The molecular weight excluding hydrogens is 304 g/mol. The summed E-state index contributed by atoms with van der Waals surface area (Å²) < 4.78 is 13.5. The molecule has 1 atom stereocenters. The van der Waals surface area contributed by atoms with Crippen molar-refractivity contribution in [1.82, 2.24) is 20.1 Å². The first-order valence-corrected chi connectivity index (χ1v) is 8.83. The van der Waals surface area contributed by atoms with Gasteiger partial charge in [-0.1, -0.05) is 13.0 Å². The molecule has 0 saturated heterocycles. The van der Waals surface area contributed by atoms with Crippen LogP contribution in [0.4, 0.5) is 0 Å². The molecule has 1 aromatic heterocycles. The third-order valence-corrected chi connectivity index (χ3v) is 4.81. The Balaban J connectivity index is 1.32. The van der Waals surface area contributed by atoms with Gasteiger partial charge >= 0.3 is 0 Å². The third-order valence-electron chi connectivity index (χ3n) is 4.81. The molecule has 0 radical (unpaired) electrons. The maximum absolute atomic E-state index is 5.65. The fourth-order valence-electron chi connectivity index (χ4n) is 3.50. The normalized spacial score (nSPS) is 19.1.